The van der Waals surface area contributed by atoms with Crippen LogP contribution in [0.15, 0.2) is 40.8 Å². The third kappa shape index (κ3) is 3.15. The zero-order chi connectivity index (χ0) is 19.8. The fourth-order valence-electron chi connectivity index (χ4n) is 3.50. The van der Waals surface area contributed by atoms with Gasteiger partial charge >= 0.3 is 5.69 Å². The summed E-state index contributed by atoms with van der Waals surface area (Å²) in [6, 6.07) is 5.63. The minimum absolute atomic E-state index is 0.00759. The summed E-state index contributed by atoms with van der Waals surface area (Å²) in [4.78, 5) is 42.4. The van der Waals surface area contributed by atoms with Crippen molar-refractivity contribution in [2.45, 2.75) is 25.4 Å². The standard InChI is InChI=1S/C18H15FN4O4S/c19-12-8-13-11(7-15(12)23(26)27)18(25)21(10-20-13)9-17(24)22-5-1-3-14(22)16-4-2-6-28-16/h2,4,6-8,10,14H,1,3,5,9H2/t14-/m0/s1. The third-order valence-electron chi connectivity index (χ3n) is 4.84. The van der Waals surface area contributed by atoms with Crippen LogP contribution in [0.4, 0.5) is 10.1 Å². The first-order valence-electron chi connectivity index (χ1n) is 8.61. The van der Waals surface area contributed by atoms with Gasteiger partial charge in [-0.15, -0.1) is 11.3 Å². The lowest BCUT2D eigenvalue weighted by atomic mass is 10.2. The van der Waals surface area contributed by atoms with Crippen molar-refractivity contribution in [3.8, 4) is 0 Å². The molecule has 1 aliphatic heterocycles. The molecule has 2 aromatic heterocycles. The van der Waals surface area contributed by atoms with E-state index < -0.39 is 22.0 Å². The molecule has 1 fully saturated rings. The van der Waals surface area contributed by atoms with Gasteiger partial charge in [0.15, 0.2) is 0 Å². The van der Waals surface area contributed by atoms with Crippen LogP contribution in [0, 0.1) is 15.9 Å². The van der Waals surface area contributed by atoms with Crippen LogP contribution in [-0.4, -0.2) is 31.8 Å². The van der Waals surface area contributed by atoms with Crippen LogP contribution in [0.3, 0.4) is 0 Å². The van der Waals surface area contributed by atoms with Crippen LogP contribution in [-0.2, 0) is 11.3 Å². The van der Waals surface area contributed by atoms with Crippen molar-refractivity contribution < 1.29 is 14.1 Å². The summed E-state index contributed by atoms with van der Waals surface area (Å²) in [5.74, 6) is -1.29. The van der Waals surface area contributed by atoms with Crippen molar-refractivity contribution >= 4 is 33.8 Å². The Bertz CT molecular complexity index is 1130. The number of hydrogen-bond donors (Lipinski definition) is 0. The van der Waals surface area contributed by atoms with Gasteiger partial charge in [0, 0.05) is 23.6 Å². The van der Waals surface area contributed by atoms with Gasteiger partial charge in [-0.2, -0.15) is 4.39 Å². The Morgan fingerprint density at radius 3 is 2.96 bits per heavy atom. The molecule has 0 unspecified atom stereocenters. The highest BCUT2D eigenvalue weighted by Gasteiger charge is 2.30. The molecule has 28 heavy (non-hydrogen) atoms. The number of fused-ring (bicyclic) bond motifs is 1. The maximum Gasteiger partial charge on any atom is 0.305 e. The lowest BCUT2D eigenvalue weighted by molar-refractivity contribution is -0.387. The summed E-state index contributed by atoms with van der Waals surface area (Å²) in [6.45, 7) is 0.378. The van der Waals surface area contributed by atoms with Crippen molar-refractivity contribution in [3.05, 3.63) is 67.1 Å². The second-order valence-electron chi connectivity index (χ2n) is 6.52. The summed E-state index contributed by atoms with van der Waals surface area (Å²) in [6.07, 6.45) is 2.91. The quantitative estimate of drug-likeness (QED) is 0.494. The molecule has 0 saturated carbocycles. The van der Waals surface area contributed by atoms with Gasteiger partial charge < -0.3 is 4.90 Å². The highest BCUT2D eigenvalue weighted by Crippen LogP contribution is 2.34. The molecule has 3 heterocycles. The molecule has 8 nitrogen and oxygen atoms in total. The predicted molar refractivity (Wildman–Crippen MR) is 101 cm³/mol. The first-order valence-corrected chi connectivity index (χ1v) is 9.49. The highest BCUT2D eigenvalue weighted by atomic mass is 32.1. The summed E-state index contributed by atoms with van der Waals surface area (Å²) in [5, 5.41) is 12.8. The van der Waals surface area contributed by atoms with Crippen LogP contribution in [0.2, 0.25) is 0 Å². The van der Waals surface area contributed by atoms with E-state index in [2.05, 4.69) is 4.98 Å². The fourth-order valence-corrected chi connectivity index (χ4v) is 4.37. The Labute approximate surface area is 162 Å². The summed E-state index contributed by atoms with van der Waals surface area (Å²) in [7, 11) is 0. The van der Waals surface area contributed by atoms with Gasteiger partial charge in [-0.05, 0) is 24.3 Å². The molecule has 0 radical (unpaired) electrons. The minimum atomic E-state index is -1.06. The molecule has 1 amide bonds. The molecule has 3 aromatic rings. The summed E-state index contributed by atoms with van der Waals surface area (Å²) in [5.41, 5.74) is -1.41. The molecule has 1 aliphatic rings. The number of likely N-dealkylation sites (tertiary alicyclic amines) is 1. The molecule has 0 bridgehead atoms. The average molecular weight is 402 g/mol. The van der Waals surface area contributed by atoms with E-state index in [9.17, 15) is 24.1 Å². The number of nitrogens with zero attached hydrogens (tertiary/aromatic N) is 4. The molecule has 144 valence electrons. The van der Waals surface area contributed by atoms with E-state index in [1.54, 1.807) is 16.2 Å². The van der Waals surface area contributed by atoms with Crippen molar-refractivity contribution in [1.29, 1.82) is 0 Å². The van der Waals surface area contributed by atoms with Crippen LogP contribution in [0.5, 0.6) is 0 Å². The Morgan fingerprint density at radius 2 is 2.25 bits per heavy atom. The van der Waals surface area contributed by atoms with Crippen molar-refractivity contribution in [2.24, 2.45) is 0 Å². The zero-order valence-corrected chi connectivity index (χ0v) is 15.4. The minimum Gasteiger partial charge on any atom is -0.333 e. The Morgan fingerprint density at radius 1 is 1.43 bits per heavy atom. The normalized spacial score (nSPS) is 16.6. The summed E-state index contributed by atoms with van der Waals surface area (Å²) < 4.78 is 14.9. The molecule has 4 rings (SSSR count). The molecule has 1 atom stereocenters. The maximum absolute atomic E-state index is 13.7. The van der Waals surface area contributed by atoms with Gasteiger partial charge in [0.2, 0.25) is 11.7 Å². The fraction of sp³-hybridized carbons (Fsp3) is 0.278. The molecular formula is C18H15FN4O4S. The van der Waals surface area contributed by atoms with E-state index in [4.69, 9.17) is 0 Å². The van der Waals surface area contributed by atoms with Gasteiger partial charge in [0.25, 0.3) is 5.56 Å². The van der Waals surface area contributed by atoms with E-state index in [1.165, 1.54) is 6.33 Å². The van der Waals surface area contributed by atoms with Gasteiger partial charge in [-0.25, -0.2) is 4.98 Å². The van der Waals surface area contributed by atoms with Gasteiger partial charge in [-0.1, -0.05) is 6.07 Å². The number of nitro benzene ring substituents is 1. The Balaban J connectivity index is 1.65. The van der Waals surface area contributed by atoms with Crippen LogP contribution in [0.25, 0.3) is 10.9 Å². The summed E-state index contributed by atoms with van der Waals surface area (Å²) >= 11 is 1.58. The Hall–Kier alpha value is -3.14. The first kappa shape index (κ1) is 18.2. The largest absolute Gasteiger partial charge is 0.333 e. The molecule has 0 spiro atoms. The molecule has 1 saturated heterocycles. The first-order chi connectivity index (χ1) is 13.5. The average Bonchev–Trinajstić information content (AvgIpc) is 3.34. The van der Waals surface area contributed by atoms with Crippen molar-refractivity contribution in [1.82, 2.24) is 14.5 Å². The molecule has 1 aromatic carbocycles. The molecular weight excluding hydrogens is 387 g/mol. The number of rotatable bonds is 4. The molecule has 0 N–H and O–H groups in total. The van der Waals surface area contributed by atoms with E-state index in [0.717, 1.165) is 34.4 Å². The van der Waals surface area contributed by atoms with Gasteiger partial charge in [-0.3, -0.25) is 24.3 Å². The number of hydrogen-bond acceptors (Lipinski definition) is 6. The lowest BCUT2D eigenvalue weighted by Crippen LogP contribution is -2.36. The second kappa shape index (κ2) is 7.12. The zero-order valence-electron chi connectivity index (χ0n) is 14.6. The van der Waals surface area contributed by atoms with E-state index in [-0.39, 0.29) is 29.4 Å². The third-order valence-corrected chi connectivity index (χ3v) is 5.81. The monoisotopic (exact) mass is 402 g/mol. The number of nitro groups is 1. The van der Waals surface area contributed by atoms with Gasteiger partial charge in [0.05, 0.1) is 28.2 Å². The van der Waals surface area contributed by atoms with E-state index in [0.29, 0.717) is 6.54 Å². The Kier molecular flexibility index (Phi) is 4.63. The van der Waals surface area contributed by atoms with Gasteiger partial charge in [0.1, 0.15) is 6.54 Å². The van der Waals surface area contributed by atoms with Crippen LogP contribution >= 0.6 is 11.3 Å². The molecule has 10 heteroatoms. The number of carbonyl (C=O) groups is 1. The number of aromatic nitrogens is 2. The van der Waals surface area contributed by atoms with E-state index >= 15 is 0 Å². The van der Waals surface area contributed by atoms with E-state index in [1.807, 2.05) is 17.5 Å². The van der Waals surface area contributed by atoms with Crippen molar-refractivity contribution in [2.75, 3.05) is 6.54 Å². The highest BCUT2D eigenvalue weighted by molar-refractivity contribution is 7.10. The van der Waals surface area contributed by atoms with Crippen LogP contribution < -0.4 is 5.56 Å². The van der Waals surface area contributed by atoms with Crippen LogP contribution in [0.1, 0.15) is 23.8 Å². The number of carbonyl (C=O) groups excluding carboxylic acids is 1. The number of amides is 1. The number of thiophene rings is 1. The van der Waals surface area contributed by atoms with Crippen molar-refractivity contribution in [3.63, 3.8) is 0 Å². The lowest BCUT2D eigenvalue weighted by Gasteiger charge is -2.24. The second-order valence-corrected chi connectivity index (χ2v) is 7.50. The topological polar surface area (TPSA) is 98.3 Å². The molecule has 0 aliphatic carbocycles. The number of benzene rings is 1. The number of halogens is 1. The SMILES string of the molecule is O=C(Cn1cnc2cc(F)c([N+](=O)[O-])cc2c1=O)N1CCC[C@H]1c1cccs1. The smallest absolute Gasteiger partial charge is 0.305 e. The predicted octanol–water partition coefficient (Wildman–Crippen LogP) is 2.87. The maximum atomic E-state index is 13.7.